The summed E-state index contributed by atoms with van der Waals surface area (Å²) >= 11 is 0. The Bertz CT molecular complexity index is 829. The van der Waals surface area contributed by atoms with Crippen molar-refractivity contribution in [1.82, 2.24) is 0 Å². The van der Waals surface area contributed by atoms with Gasteiger partial charge in [0.1, 0.15) is 10.6 Å². The van der Waals surface area contributed by atoms with E-state index in [2.05, 4.69) is 0 Å². The van der Waals surface area contributed by atoms with Gasteiger partial charge in [-0.25, -0.2) is 0 Å². The van der Waals surface area contributed by atoms with E-state index in [4.69, 9.17) is 4.18 Å². The van der Waals surface area contributed by atoms with Gasteiger partial charge in [0.2, 0.25) is 0 Å². The number of aryl methyl sites for hydroxylation is 1. The molecular weight excluding hydrogens is 347 g/mol. The van der Waals surface area contributed by atoms with Crippen LogP contribution in [0.2, 0.25) is 0 Å². The van der Waals surface area contributed by atoms with Crippen LogP contribution in [0.15, 0.2) is 53.4 Å². The van der Waals surface area contributed by atoms with E-state index in [9.17, 15) is 26.4 Å². The Labute approximate surface area is 136 Å². The molecular formula is C15H12F3NO4S. The molecule has 0 aromatic heterocycles. The zero-order valence-electron chi connectivity index (χ0n) is 12.3. The number of halogens is 3. The number of amides is 1. The van der Waals surface area contributed by atoms with Crippen molar-refractivity contribution in [2.24, 2.45) is 0 Å². The van der Waals surface area contributed by atoms with E-state index < -0.39 is 22.2 Å². The minimum absolute atomic E-state index is 0.0532. The van der Waals surface area contributed by atoms with Crippen molar-refractivity contribution in [3.05, 3.63) is 54.1 Å². The Morgan fingerprint density at radius 2 is 1.54 bits per heavy atom. The van der Waals surface area contributed by atoms with Gasteiger partial charge in [-0.1, -0.05) is 17.7 Å². The molecule has 0 heterocycles. The number of anilines is 1. The van der Waals surface area contributed by atoms with Crippen molar-refractivity contribution in [2.45, 2.75) is 18.0 Å². The predicted molar refractivity (Wildman–Crippen MR) is 80.1 cm³/mol. The number of carbonyl (C=O) groups is 1. The number of carbonyl (C=O) groups excluding carboxylic acids is 1. The lowest BCUT2D eigenvalue weighted by Gasteiger charge is -2.10. The second-order valence-corrected chi connectivity index (χ2v) is 6.37. The van der Waals surface area contributed by atoms with Crippen molar-refractivity contribution in [1.29, 1.82) is 0 Å². The molecule has 0 aliphatic rings. The molecule has 5 nitrogen and oxygen atoms in total. The lowest BCUT2D eigenvalue weighted by atomic mass is 10.2. The maximum atomic E-state index is 12.1. The maximum absolute atomic E-state index is 12.1. The first-order chi connectivity index (χ1) is 11.1. The third-order valence-corrected chi connectivity index (χ3v) is 4.15. The summed E-state index contributed by atoms with van der Waals surface area (Å²) in [7, 11) is -4.06. The highest BCUT2D eigenvalue weighted by molar-refractivity contribution is 7.87. The molecule has 0 unspecified atom stereocenters. The molecule has 2 aromatic rings. The highest BCUT2D eigenvalue weighted by Crippen LogP contribution is 2.23. The summed E-state index contributed by atoms with van der Waals surface area (Å²) in [6.45, 7) is 1.80. The van der Waals surface area contributed by atoms with Gasteiger partial charge in [-0.2, -0.15) is 21.6 Å². The molecule has 9 heteroatoms. The average molecular weight is 359 g/mol. The highest BCUT2D eigenvalue weighted by atomic mass is 32.2. The highest BCUT2D eigenvalue weighted by Gasteiger charge is 2.38. The van der Waals surface area contributed by atoms with Gasteiger partial charge in [0.25, 0.3) is 0 Å². The second-order valence-electron chi connectivity index (χ2n) is 4.83. The average Bonchev–Trinajstić information content (AvgIpc) is 2.48. The van der Waals surface area contributed by atoms with Gasteiger partial charge in [0, 0.05) is 5.69 Å². The molecule has 0 aliphatic heterocycles. The summed E-state index contributed by atoms with van der Waals surface area (Å²) in [4.78, 5) is 10.7. The van der Waals surface area contributed by atoms with Gasteiger partial charge < -0.3 is 9.50 Å². The van der Waals surface area contributed by atoms with Crippen LogP contribution in [-0.4, -0.2) is 20.5 Å². The second kappa shape index (κ2) is 6.52. The third-order valence-electron chi connectivity index (χ3n) is 2.89. The SMILES string of the molecule is Cc1ccc(S(=O)(=O)Oc2ccc(NC(=O)C(F)(F)F)cc2)cc1. The maximum Gasteiger partial charge on any atom is 0.471 e. The molecule has 0 saturated carbocycles. The first-order valence-corrected chi connectivity index (χ1v) is 7.98. The molecule has 1 N–H and O–H groups in total. The Balaban J connectivity index is 2.11. The molecule has 128 valence electrons. The first kappa shape index (κ1) is 17.8. The fraction of sp³-hybridized carbons (Fsp3) is 0.133. The number of hydrogen-bond acceptors (Lipinski definition) is 4. The number of rotatable bonds is 4. The van der Waals surface area contributed by atoms with Crippen LogP contribution in [0.25, 0.3) is 0 Å². The minimum Gasteiger partial charge on any atom is -0.379 e. The van der Waals surface area contributed by atoms with Crippen LogP contribution in [0, 0.1) is 6.92 Å². The molecule has 0 spiro atoms. The summed E-state index contributed by atoms with van der Waals surface area (Å²) in [5.41, 5.74) is 0.733. The van der Waals surface area contributed by atoms with Crippen LogP contribution in [0.5, 0.6) is 5.75 Å². The molecule has 0 saturated heterocycles. The minimum atomic E-state index is -5.01. The molecule has 24 heavy (non-hydrogen) atoms. The summed E-state index contributed by atoms with van der Waals surface area (Å²) in [5, 5.41) is 1.64. The monoisotopic (exact) mass is 359 g/mol. The predicted octanol–water partition coefficient (Wildman–Crippen LogP) is 3.26. The van der Waals surface area contributed by atoms with Gasteiger partial charge in [0.15, 0.2) is 0 Å². The third kappa shape index (κ3) is 4.48. The summed E-state index contributed by atoms with van der Waals surface area (Å²) < 4.78 is 65.4. The number of alkyl halides is 3. The smallest absolute Gasteiger partial charge is 0.379 e. The Morgan fingerprint density at radius 1 is 1.00 bits per heavy atom. The fourth-order valence-corrected chi connectivity index (χ4v) is 2.61. The molecule has 0 bridgehead atoms. The fourth-order valence-electron chi connectivity index (χ4n) is 1.68. The van der Waals surface area contributed by atoms with Gasteiger partial charge >= 0.3 is 22.2 Å². The van der Waals surface area contributed by atoms with Crippen molar-refractivity contribution >= 4 is 21.7 Å². The Morgan fingerprint density at radius 3 is 2.04 bits per heavy atom. The van der Waals surface area contributed by atoms with E-state index in [1.54, 1.807) is 24.4 Å². The van der Waals surface area contributed by atoms with Crippen LogP contribution >= 0.6 is 0 Å². The van der Waals surface area contributed by atoms with Crippen LogP contribution in [0.1, 0.15) is 5.56 Å². The van der Waals surface area contributed by atoms with Gasteiger partial charge in [-0.3, -0.25) is 4.79 Å². The van der Waals surface area contributed by atoms with E-state index >= 15 is 0 Å². The standard InChI is InChI=1S/C15H12F3NO4S/c1-10-2-8-13(9-3-10)24(21,22)23-12-6-4-11(5-7-12)19-14(20)15(16,17)18/h2-9H,1H3,(H,19,20). The molecule has 0 aliphatic carbocycles. The van der Waals surface area contributed by atoms with Gasteiger partial charge in [-0.15, -0.1) is 0 Å². The molecule has 0 atom stereocenters. The number of nitrogens with one attached hydrogen (secondary N) is 1. The first-order valence-electron chi connectivity index (χ1n) is 6.57. The molecule has 2 aromatic carbocycles. The normalized spacial score (nSPS) is 11.8. The van der Waals surface area contributed by atoms with E-state index in [0.717, 1.165) is 29.8 Å². The van der Waals surface area contributed by atoms with E-state index in [1.807, 2.05) is 0 Å². The zero-order valence-corrected chi connectivity index (χ0v) is 13.1. The van der Waals surface area contributed by atoms with Crippen LogP contribution in [0.3, 0.4) is 0 Å². The quantitative estimate of drug-likeness (QED) is 0.851. The Kier molecular flexibility index (Phi) is 4.83. The molecule has 2 rings (SSSR count). The summed E-state index contributed by atoms with van der Waals surface area (Å²) in [6.07, 6.45) is -5.01. The number of benzene rings is 2. The zero-order chi connectivity index (χ0) is 18.0. The van der Waals surface area contributed by atoms with Crippen LogP contribution in [0.4, 0.5) is 18.9 Å². The van der Waals surface area contributed by atoms with Crippen LogP contribution in [-0.2, 0) is 14.9 Å². The Hall–Kier alpha value is -2.55. The van der Waals surface area contributed by atoms with Crippen molar-refractivity contribution in [3.63, 3.8) is 0 Å². The molecule has 1 amide bonds. The lowest BCUT2D eigenvalue weighted by molar-refractivity contribution is -0.167. The van der Waals surface area contributed by atoms with E-state index in [-0.39, 0.29) is 16.3 Å². The van der Waals surface area contributed by atoms with Crippen LogP contribution < -0.4 is 9.50 Å². The molecule has 0 fully saturated rings. The summed E-state index contributed by atoms with van der Waals surface area (Å²) in [6, 6.07) is 10.4. The van der Waals surface area contributed by atoms with Crippen molar-refractivity contribution in [2.75, 3.05) is 5.32 Å². The summed E-state index contributed by atoms with van der Waals surface area (Å²) in [5.74, 6) is -2.22. The van der Waals surface area contributed by atoms with Crippen molar-refractivity contribution < 1.29 is 30.6 Å². The van der Waals surface area contributed by atoms with Gasteiger partial charge in [0.05, 0.1) is 0 Å². The van der Waals surface area contributed by atoms with Gasteiger partial charge in [-0.05, 0) is 43.3 Å². The van der Waals surface area contributed by atoms with E-state index in [0.29, 0.717) is 0 Å². The van der Waals surface area contributed by atoms with E-state index in [1.165, 1.54) is 12.1 Å². The topological polar surface area (TPSA) is 72.5 Å². The number of hydrogen-bond donors (Lipinski definition) is 1. The lowest BCUT2D eigenvalue weighted by Crippen LogP contribution is -2.29. The van der Waals surface area contributed by atoms with Crippen molar-refractivity contribution in [3.8, 4) is 5.75 Å². The largest absolute Gasteiger partial charge is 0.471 e. The molecule has 0 radical (unpaired) electrons.